The minimum atomic E-state index is -0.147. The number of halogens is 1. The predicted molar refractivity (Wildman–Crippen MR) is 73.0 cm³/mol. The van der Waals surface area contributed by atoms with E-state index >= 15 is 0 Å². The van der Waals surface area contributed by atoms with Crippen molar-refractivity contribution in [2.45, 2.75) is 25.6 Å². The van der Waals surface area contributed by atoms with E-state index in [1.54, 1.807) is 0 Å². The zero-order valence-corrected chi connectivity index (χ0v) is 11.2. The fourth-order valence-electron chi connectivity index (χ4n) is 2.17. The topological polar surface area (TPSA) is 58.7 Å². The van der Waals surface area contributed by atoms with Crippen LogP contribution in [0, 0.1) is 0 Å². The number of benzene rings is 1. The second-order valence-electron chi connectivity index (χ2n) is 4.63. The molecule has 1 aliphatic heterocycles. The lowest BCUT2D eigenvalue weighted by Gasteiger charge is -2.39. The number of hydrogen-bond donors (Lipinski definition) is 2. The van der Waals surface area contributed by atoms with E-state index in [4.69, 9.17) is 22.1 Å². The van der Waals surface area contributed by atoms with Gasteiger partial charge in [0.25, 0.3) is 0 Å². The van der Waals surface area contributed by atoms with Crippen LogP contribution in [0.3, 0.4) is 0 Å². The van der Waals surface area contributed by atoms with Crippen LogP contribution in [-0.2, 0) is 11.3 Å². The van der Waals surface area contributed by atoms with E-state index in [0.717, 1.165) is 11.3 Å². The van der Waals surface area contributed by atoms with Gasteiger partial charge < -0.3 is 20.5 Å². The van der Waals surface area contributed by atoms with Crippen LogP contribution in [0.15, 0.2) is 18.2 Å². The van der Waals surface area contributed by atoms with E-state index in [1.165, 1.54) is 0 Å². The summed E-state index contributed by atoms with van der Waals surface area (Å²) >= 11 is 6.30. The SMILES string of the molecule is CC1COC(CO)CN1c1ccc(CN)cc1Cl. The summed E-state index contributed by atoms with van der Waals surface area (Å²) in [6, 6.07) is 6.11. The third kappa shape index (κ3) is 2.78. The van der Waals surface area contributed by atoms with Crippen molar-refractivity contribution < 1.29 is 9.84 Å². The minimum absolute atomic E-state index is 0.0295. The summed E-state index contributed by atoms with van der Waals surface area (Å²) in [5, 5.41) is 9.89. The first-order valence-electron chi connectivity index (χ1n) is 6.13. The van der Waals surface area contributed by atoms with Gasteiger partial charge >= 0.3 is 0 Å². The molecule has 0 aromatic heterocycles. The molecule has 4 nitrogen and oxygen atoms in total. The Morgan fingerprint density at radius 3 is 2.94 bits per heavy atom. The highest BCUT2D eigenvalue weighted by Crippen LogP contribution is 2.30. The van der Waals surface area contributed by atoms with Gasteiger partial charge in [-0.15, -0.1) is 0 Å². The van der Waals surface area contributed by atoms with Crippen molar-refractivity contribution in [3.05, 3.63) is 28.8 Å². The third-order valence-electron chi connectivity index (χ3n) is 3.27. The molecule has 2 rings (SSSR count). The number of anilines is 1. The predicted octanol–water partition coefficient (Wildman–Crippen LogP) is 1.38. The molecule has 2 atom stereocenters. The summed E-state index contributed by atoms with van der Waals surface area (Å²) in [6.07, 6.45) is -0.147. The molecule has 100 valence electrons. The normalized spacial score (nSPS) is 24.3. The zero-order valence-electron chi connectivity index (χ0n) is 10.5. The van der Waals surface area contributed by atoms with Gasteiger partial charge in [0, 0.05) is 19.1 Å². The molecule has 0 spiro atoms. The summed E-state index contributed by atoms with van der Waals surface area (Å²) in [5.74, 6) is 0. The number of aliphatic hydroxyl groups is 1. The molecule has 5 heteroatoms. The Labute approximate surface area is 112 Å². The molecule has 0 radical (unpaired) electrons. The van der Waals surface area contributed by atoms with Crippen LogP contribution in [0.5, 0.6) is 0 Å². The van der Waals surface area contributed by atoms with Gasteiger partial charge in [-0.25, -0.2) is 0 Å². The molecule has 1 aromatic rings. The van der Waals surface area contributed by atoms with E-state index < -0.39 is 0 Å². The molecule has 2 unspecified atom stereocenters. The number of morpholine rings is 1. The van der Waals surface area contributed by atoms with E-state index in [9.17, 15) is 5.11 Å². The molecule has 0 bridgehead atoms. The quantitative estimate of drug-likeness (QED) is 0.871. The number of nitrogens with zero attached hydrogens (tertiary/aromatic N) is 1. The molecule has 0 amide bonds. The highest BCUT2D eigenvalue weighted by Gasteiger charge is 2.26. The average Bonchev–Trinajstić information content (AvgIpc) is 2.39. The van der Waals surface area contributed by atoms with Crippen molar-refractivity contribution in [3.8, 4) is 0 Å². The molecule has 1 heterocycles. The second kappa shape index (κ2) is 5.89. The fraction of sp³-hybridized carbons (Fsp3) is 0.538. The zero-order chi connectivity index (χ0) is 13.1. The van der Waals surface area contributed by atoms with E-state index in [0.29, 0.717) is 24.7 Å². The van der Waals surface area contributed by atoms with Gasteiger partial charge in [0.1, 0.15) is 0 Å². The monoisotopic (exact) mass is 270 g/mol. The van der Waals surface area contributed by atoms with E-state index in [-0.39, 0.29) is 18.8 Å². The van der Waals surface area contributed by atoms with Gasteiger partial charge in [-0.1, -0.05) is 17.7 Å². The van der Waals surface area contributed by atoms with Gasteiger partial charge in [-0.3, -0.25) is 0 Å². The van der Waals surface area contributed by atoms with Crippen LogP contribution in [0.4, 0.5) is 5.69 Å². The molecular weight excluding hydrogens is 252 g/mol. The first kappa shape index (κ1) is 13.6. The average molecular weight is 271 g/mol. The number of nitrogens with two attached hydrogens (primary N) is 1. The van der Waals surface area contributed by atoms with Crippen LogP contribution in [0.25, 0.3) is 0 Å². The maximum absolute atomic E-state index is 9.19. The summed E-state index contributed by atoms with van der Waals surface area (Å²) in [5.41, 5.74) is 7.58. The van der Waals surface area contributed by atoms with Gasteiger partial charge in [-0.05, 0) is 24.6 Å². The van der Waals surface area contributed by atoms with E-state index in [2.05, 4.69) is 11.8 Å². The number of hydrogen-bond acceptors (Lipinski definition) is 4. The Balaban J connectivity index is 2.23. The lowest BCUT2D eigenvalue weighted by Crippen LogP contribution is -2.49. The maximum atomic E-state index is 9.19. The number of aliphatic hydroxyl groups excluding tert-OH is 1. The Morgan fingerprint density at radius 1 is 1.56 bits per heavy atom. The molecular formula is C13H19ClN2O2. The van der Waals surface area contributed by atoms with Crippen LogP contribution in [-0.4, -0.2) is 37.0 Å². The Bertz CT molecular complexity index is 414. The van der Waals surface area contributed by atoms with Crippen molar-refractivity contribution in [2.24, 2.45) is 5.73 Å². The molecule has 1 aliphatic rings. The van der Waals surface area contributed by atoms with Crippen molar-refractivity contribution in [2.75, 3.05) is 24.7 Å². The van der Waals surface area contributed by atoms with Crippen LogP contribution < -0.4 is 10.6 Å². The Morgan fingerprint density at radius 2 is 2.33 bits per heavy atom. The largest absolute Gasteiger partial charge is 0.394 e. The smallest absolute Gasteiger partial charge is 0.0981 e. The molecule has 1 saturated heterocycles. The van der Waals surface area contributed by atoms with Gasteiger partial charge in [0.2, 0.25) is 0 Å². The first-order chi connectivity index (χ1) is 8.65. The lowest BCUT2D eigenvalue weighted by atomic mass is 10.1. The molecule has 18 heavy (non-hydrogen) atoms. The van der Waals surface area contributed by atoms with Crippen molar-refractivity contribution in [1.82, 2.24) is 0 Å². The maximum Gasteiger partial charge on any atom is 0.0981 e. The van der Waals surface area contributed by atoms with E-state index in [1.807, 2.05) is 18.2 Å². The molecule has 1 aromatic carbocycles. The van der Waals surface area contributed by atoms with Crippen molar-refractivity contribution in [1.29, 1.82) is 0 Å². The fourth-order valence-corrected chi connectivity index (χ4v) is 2.49. The van der Waals surface area contributed by atoms with Crippen LogP contribution >= 0.6 is 11.6 Å². The first-order valence-corrected chi connectivity index (χ1v) is 6.51. The molecule has 0 saturated carbocycles. The summed E-state index contributed by atoms with van der Waals surface area (Å²) in [6.45, 7) is 3.85. The summed E-state index contributed by atoms with van der Waals surface area (Å²) < 4.78 is 5.52. The summed E-state index contributed by atoms with van der Waals surface area (Å²) in [7, 11) is 0. The van der Waals surface area contributed by atoms with Gasteiger partial charge in [-0.2, -0.15) is 0 Å². The van der Waals surface area contributed by atoms with Crippen LogP contribution in [0.2, 0.25) is 5.02 Å². The Kier molecular flexibility index (Phi) is 4.45. The van der Waals surface area contributed by atoms with Gasteiger partial charge in [0.15, 0.2) is 0 Å². The van der Waals surface area contributed by atoms with Crippen LogP contribution in [0.1, 0.15) is 12.5 Å². The molecule has 0 aliphatic carbocycles. The van der Waals surface area contributed by atoms with Gasteiger partial charge in [0.05, 0.1) is 30.0 Å². The Hall–Kier alpha value is -0.810. The number of rotatable bonds is 3. The standard InChI is InChI=1S/C13H19ClN2O2/c1-9-8-18-11(7-17)6-16(9)13-3-2-10(5-15)4-12(13)14/h2-4,9,11,17H,5-8,15H2,1H3. The lowest BCUT2D eigenvalue weighted by molar-refractivity contribution is -0.0103. The molecule has 3 N–H and O–H groups in total. The number of ether oxygens (including phenoxy) is 1. The molecule has 1 fully saturated rings. The van der Waals surface area contributed by atoms with Crippen molar-refractivity contribution in [3.63, 3.8) is 0 Å². The highest BCUT2D eigenvalue weighted by molar-refractivity contribution is 6.33. The second-order valence-corrected chi connectivity index (χ2v) is 5.04. The minimum Gasteiger partial charge on any atom is -0.394 e. The highest BCUT2D eigenvalue weighted by atomic mass is 35.5. The third-order valence-corrected chi connectivity index (χ3v) is 3.57. The summed E-state index contributed by atoms with van der Waals surface area (Å²) in [4.78, 5) is 2.17. The van der Waals surface area contributed by atoms with Crippen molar-refractivity contribution >= 4 is 17.3 Å².